The number of carbonyl (C=O) groups excluding carboxylic acids is 1. The van der Waals surface area contributed by atoms with Gasteiger partial charge < -0.3 is 5.32 Å². The first-order chi connectivity index (χ1) is 12.5. The van der Waals surface area contributed by atoms with Gasteiger partial charge in [-0.15, -0.1) is 0 Å². The highest BCUT2D eigenvalue weighted by Gasteiger charge is 2.16. The van der Waals surface area contributed by atoms with Crippen molar-refractivity contribution in [2.45, 2.75) is 17.9 Å². The van der Waals surface area contributed by atoms with Gasteiger partial charge in [-0.1, -0.05) is 24.3 Å². The number of amides is 1. The number of hydrogen-bond donors (Lipinski definition) is 2. The van der Waals surface area contributed by atoms with Gasteiger partial charge >= 0.3 is 0 Å². The number of hydrogen-bond acceptors (Lipinski definition) is 4. The lowest BCUT2D eigenvalue weighted by atomic mass is 10.2. The fourth-order valence-electron chi connectivity index (χ4n) is 2.35. The average Bonchev–Trinajstić information content (AvgIpc) is 3.16. The molecule has 26 heavy (non-hydrogen) atoms. The van der Waals surface area contributed by atoms with E-state index in [1.807, 2.05) is 0 Å². The quantitative estimate of drug-likeness (QED) is 0.698. The number of nitrogens with zero attached hydrogens (tertiary/aromatic N) is 2. The molecule has 0 spiro atoms. The molecule has 0 aliphatic carbocycles. The summed E-state index contributed by atoms with van der Waals surface area (Å²) in [6.07, 6.45) is 3.30. The number of rotatable bonds is 6. The van der Waals surface area contributed by atoms with E-state index >= 15 is 0 Å². The minimum atomic E-state index is -3.69. The molecule has 0 aliphatic heterocycles. The monoisotopic (exact) mass is 370 g/mol. The average molecular weight is 370 g/mol. The summed E-state index contributed by atoms with van der Waals surface area (Å²) in [4.78, 5) is 12.5. The van der Waals surface area contributed by atoms with E-state index in [1.54, 1.807) is 67.8 Å². The Labute approximate surface area is 151 Å². The van der Waals surface area contributed by atoms with Crippen molar-refractivity contribution in [1.29, 1.82) is 0 Å². The lowest BCUT2D eigenvalue weighted by Gasteiger charge is -2.14. The second kappa shape index (κ2) is 7.40. The van der Waals surface area contributed by atoms with Crippen LogP contribution in [0.2, 0.25) is 0 Å². The third-order valence-electron chi connectivity index (χ3n) is 3.74. The molecule has 1 amide bonds. The fraction of sp³-hybridized carbons (Fsp3) is 0.111. The molecular weight excluding hydrogens is 352 g/mol. The summed E-state index contributed by atoms with van der Waals surface area (Å²) in [7, 11) is -3.69. The van der Waals surface area contributed by atoms with E-state index in [-0.39, 0.29) is 10.8 Å². The molecule has 2 aromatic carbocycles. The smallest absolute Gasteiger partial charge is 0.261 e. The largest absolute Gasteiger partial charge is 0.324 e. The number of benzene rings is 2. The van der Waals surface area contributed by atoms with Gasteiger partial charge in [0, 0.05) is 18.1 Å². The maximum absolute atomic E-state index is 12.4. The topological polar surface area (TPSA) is 93.1 Å². The van der Waals surface area contributed by atoms with Crippen LogP contribution in [0.1, 0.15) is 13.0 Å². The van der Waals surface area contributed by atoms with Gasteiger partial charge in [0.05, 0.1) is 10.6 Å². The first kappa shape index (κ1) is 17.7. The zero-order valence-corrected chi connectivity index (χ0v) is 14.8. The molecule has 0 saturated carbocycles. The third kappa shape index (κ3) is 4.09. The van der Waals surface area contributed by atoms with Gasteiger partial charge in [-0.05, 0) is 43.3 Å². The van der Waals surface area contributed by atoms with Gasteiger partial charge in [0.25, 0.3) is 10.0 Å². The lowest BCUT2D eigenvalue weighted by molar-refractivity contribution is -0.119. The van der Waals surface area contributed by atoms with Crippen LogP contribution in [-0.4, -0.2) is 24.1 Å². The van der Waals surface area contributed by atoms with Crippen LogP contribution in [0, 0.1) is 0 Å². The Morgan fingerprint density at radius 2 is 1.77 bits per heavy atom. The van der Waals surface area contributed by atoms with Crippen molar-refractivity contribution >= 4 is 27.3 Å². The second-order valence-electron chi connectivity index (χ2n) is 5.65. The van der Waals surface area contributed by atoms with Crippen molar-refractivity contribution in [3.8, 4) is 0 Å². The SMILES string of the molecule is C[C@H](C(=O)Nc1cccc(NS(=O)(=O)c2ccccc2)c1)n1cccn1. The molecule has 1 heterocycles. The molecule has 0 unspecified atom stereocenters. The number of aromatic nitrogens is 2. The highest BCUT2D eigenvalue weighted by molar-refractivity contribution is 7.92. The molecule has 1 atom stereocenters. The van der Waals surface area contributed by atoms with Gasteiger partial charge in [-0.3, -0.25) is 14.2 Å². The third-order valence-corrected chi connectivity index (χ3v) is 5.13. The Bertz CT molecular complexity index is 986. The van der Waals surface area contributed by atoms with Crippen LogP contribution in [0.25, 0.3) is 0 Å². The van der Waals surface area contributed by atoms with E-state index in [0.29, 0.717) is 11.4 Å². The molecule has 134 valence electrons. The van der Waals surface area contributed by atoms with E-state index in [9.17, 15) is 13.2 Å². The predicted octanol–water partition coefficient (Wildman–Crippen LogP) is 2.88. The van der Waals surface area contributed by atoms with Gasteiger partial charge in [-0.2, -0.15) is 5.10 Å². The Morgan fingerprint density at radius 1 is 1.04 bits per heavy atom. The first-order valence-electron chi connectivity index (χ1n) is 7.94. The summed E-state index contributed by atoms with van der Waals surface area (Å²) >= 11 is 0. The Balaban J connectivity index is 1.73. The van der Waals surface area contributed by atoms with Crippen LogP contribution < -0.4 is 10.0 Å². The summed E-state index contributed by atoms with van der Waals surface area (Å²) in [5.74, 6) is -0.253. The molecule has 0 saturated heterocycles. The standard InChI is InChI=1S/C18H18N4O3S/c1-14(22-12-6-11-19-22)18(23)20-15-7-5-8-16(13-15)21-26(24,25)17-9-3-2-4-10-17/h2-14,21H,1H3,(H,20,23)/t14-/m1/s1. The first-order valence-corrected chi connectivity index (χ1v) is 9.42. The van der Waals surface area contributed by atoms with Crippen molar-refractivity contribution in [3.05, 3.63) is 73.1 Å². The molecule has 2 N–H and O–H groups in total. The Morgan fingerprint density at radius 3 is 2.46 bits per heavy atom. The number of sulfonamides is 1. The molecule has 3 aromatic rings. The van der Waals surface area contributed by atoms with Crippen LogP contribution in [0.15, 0.2) is 78.0 Å². The van der Waals surface area contributed by atoms with Crippen molar-refractivity contribution in [3.63, 3.8) is 0 Å². The fourth-order valence-corrected chi connectivity index (χ4v) is 3.42. The van der Waals surface area contributed by atoms with Gasteiger partial charge in [-0.25, -0.2) is 8.42 Å². The van der Waals surface area contributed by atoms with Crippen molar-refractivity contribution in [2.75, 3.05) is 10.0 Å². The molecular formula is C18H18N4O3S. The summed E-state index contributed by atoms with van der Waals surface area (Å²) < 4.78 is 28.8. The summed E-state index contributed by atoms with van der Waals surface area (Å²) in [5, 5.41) is 6.80. The maximum atomic E-state index is 12.4. The molecule has 7 nitrogen and oxygen atoms in total. The second-order valence-corrected chi connectivity index (χ2v) is 7.33. The highest BCUT2D eigenvalue weighted by atomic mass is 32.2. The summed E-state index contributed by atoms with van der Waals surface area (Å²) in [6.45, 7) is 1.73. The molecule has 8 heteroatoms. The number of carbonyl (C=O) groups is 1. The molecule has 0 fully saturated rings. The minimum Gasteiger partial charge on any atom is -0.324 e. The summed E-state index contributed by atoms with van der Waals surface area (Å²) in [5.41, 5.74) is 0.848. The zero-order chi connectivity index (χ0) is 18.6. The molecule has 0 bridgehead atoms. The lowest BCUT2D eigenvalue weighted by Crippen LogP contribution is -2.24. The zero-order valence-electron chi connectivity index (χ0n) is 14.0. The van der Waals surface area contributed by atoms with Crippen LogP contribution in [0.3, 0.4) is 0 Å². The van der Waals surface area contributed by atoms with Gasteiger partial charge in [0.1, 0.15) is 6.04 Å². The predicted molar refractivity (Wildman–Crippen MR) is 99.3 cm³/mol. The Kier molecular flexibility index (Phi) is 5.04. The van der Waals surface area contributed by atoms with E-state index in [4.69, 9.17) is 0 Å². The molecule has 1 aromatic heterocycles. The number of nitrogens with one attached hydrogen (secondary N) is 2. The highest BCUT2D eigenvalue weighted by Crippen LogP contribution is 2.20. The van der Waals surface area contributed by atoms with E-state index in [1.165, 1.54) is 16.8 Å². The van der Waals surface area contributed by atoms with Crippen LogP contribution in [0.5, 0.6) is 0 Å². The van der Waals surface area contributed by atoms with Crippen molar-refractivity contribution in [2.24, 2.45) is 0 Å². The van der Waals surface area contributed by atoms with Crippen molar-refractivity contribution < 1.29 is 13.2 Å². The van der Waals surface area contributed by atoms with Crippen molar-refractivity contribution in [1.82, 2.24) is 9.78 Å². The van der Waals surface area contributed by atoms with Crippen LogP contribution in [0.4, 0.5) is 11.4 Å². The van der Waals surface area contributed by atoms with E-state index < -0.39 is 16.1 Å². The van der Waals surface area contributed by atoms with E-state index in [2.05, 4.69) is 15.1 Å². The molecule has 3 rings (SSSR count). The molecule has 0 aliphatic rings. The van der Waals surface area contributed by atoms with Crippen LogP contribution >= 0.6 is 0 Å². The summed E-state index contributed by atoms with van der Waals surface area (Å²) in [6, 6.07) is 15.9. The van der Waals surface area contributed by atoms with Crippen LogP contribution in [-0.2, 0) is 14.8 Å². The van der Waals surface area contributed by atoms with E-state index in [0.717, 1.165) is 0 Å². The normalized spacial score (nSPS) is 12.3. The van der Waals surface area contributed by atoms with Gasteiger partial charge in [0.2, 0.25) is 5.91 Å². The molecule has 0 radical (unpaired) electrons. The Hall–Kier alpha value is -3.13. The maximum Gasteiger partial charge on any atom is 0.261 e. The van der Waals surface area contributed by atoms with Gasteiger partial charge in [0.15, 0.2) is 0 Å². The minimum absolute atomic E-state index is 0.168. The number of anilines is 2.